The summed E-state index contributed by atoms with van der Waals surface area (Å²) < 4.78 is 34.2. The maximum Gasteiger partial charge on any atom is 0.387 e. The Morgan fingerprint density at radius 1 is 1.29 bits per heavy atom. The lowest BCUT2D eigenvalue weighted by Gasteiger charge is -2.23. The smallest absolute Gasteiger partial charge is 0.387 e. The first kappa shape index (κ1) is 18.4. The summed E-state index contributed by atoms with van der Waals surface area (Å²) in [5.41, 5.74) is 3.32. The standard InChI is InChI=1S/C16H21F2N3O2S/c1-22-13-8-7-11(9-14(13)23-15(17)18)10-19-21-16(24)20-12-5-3-2-4-6-12/h7-10,12,15H,2-6H2,1H3,(H2,20,21,24)/b19-10-. The zero-order valence-corrected chi connectivity index (χ0v) is 14.2. The number of nitrogens with one attached hydrogen (secondary N) is 2. The highest BCUT2D eigenvalue weighted by molar-refractivity contribution is 7.80. The van der Waals surface area contributed by atoms with E-state index >= 15 is 0 Å². The first-order valence-electron chi connectivity index (χ1n) is 7.81. The number of hydrogen-bond donors (Lipinski definition) is 2. The number of ether oxygens (including phenoxy) is 2. The van der Waals surface area contributed by atoms with Crippen molar-refractivity contribution in [1.82, 2.24) is 10.7 Å². The fourth-order valence-electron chi connectivity index (χ4n) is 2.59. The van der Waals surface area contributed by atoms with E-state index in [1.807, 2.05) is 0 Å². The van der Waals surface area contributed by atoms with Crippen molar-refractivity contribution in [2.75, 3.05) is 7.11 Å². The van der Waals surface area contributed by atoms with E-state index in [1.54, 1.807) is 6.07 Å². The Morgan fingerprint density at radius 2 is 2.04 bits per heavy atom. The predicted octanol–water partition coefficient (Wildman–Crippen LogP) is 3.43. The third-order valence-corrected chi connectivity index (χ3v) is 3.93. The van der Waals surface area contributed by atoms with Crippen molar-refractivity contribution in [2.24, 2.45) is 5.10 Å². The third kappa shape index (κ3) is 5.92. The molecule has 0 heterocycles. The second-order valence-electron chi connectivity index (χ2n) is 5.47. The Morgan fingerprint density at radius 3 is 2.71 bits per heavy atom. The number of hydrogen-bond acceptors (Lipinski definition) is 4. The van der Waals surface area contributed by atoms with E-state index in [0.717, 1.165) is 12.8 Å². The minimum atomic E-state index is -2.92. The Kier molecular flexibility index (Phi) is 7.17. The van der Waals surface area contributed by atoms with E-state index in [1.165, 1.54) is 44.7 Å². The first-order chi connectivity index (χ1) is 11.6. The summed E-state index contributed by atoms with van der Waals surface area (Å²) in [6.07, 6.45) is 7.39. The fraction of sp³-hybridized carbons (Fsp3) is 0.500. The van der Waals surface area contributed by atoms with Crippen LogP contribution in [-0.2, 0) is 0 Å². The third-order valence-electron chi connectivity index (χ3n) is 3.72. The van der Waals surface area contributed by atoms with E-state index < -0.39 is 6.61 Å². The molecule has 1 aliphatic rings. The second-order valence-corrected chi connectivity index (χ2v) is 5.88. The van der Waals surface area contributed by atoms with Crippen molar-refractivity contribution in [3.8, 4) is 11.5 Å². The van der Waals surface area contributed by atoms with Crippen LogP contribution in [0.2, 0.25) is 0 Å². The minimum absolute atomic E-state index is 0.0423. The number of alkyl halides is 2. The lowest BCUT2D eigenvalue weighted by atomic mass is 9.96. The molecule has 1 aromatic rings. The Hall–Kier alpha value is -1.96. The maximum absolute atomic E-state index is 12.4. The molecule has 0 bridgehead atoms. The fourth-order valence-corrected chi connectivity index (χ4v) is 2.81. The van der Waals surface area contributed by atoms with Gasteiger partial charge in [0, 0.05) is 6.04 Å². The van der Waals surface area contributed by atoms with Gasteiger partial charge in [0.1, 0.15) is 0 Å². The zero-order chi connectivity index (χ0) is 17.4. The van der Waals surface area contributed by atoms with Crippen molar-refractivity contribution >= 4 is 23.5 Å². The summed E-state index contributed by atoms with van der Waals surface area (Å²) in [7, 11) is 1.39. The molecule has 0 atom stereocenters. The average molecular weight is 357 g/mol. The molecule has 132 valence electrons. The van der Waals surface area contributed by atoms with Gasteiger partial charge in [0.05, 0.1) is 13.3 Å². The van der Waals surface area contributed by atoms with Gasteiger partial charge in [-0.3, -0.25) is 5.43 Å². The van der Waals surface area contributed by atoms with Crippen LogP contribution in [0.5, 0.6) is 11.5 Å². The minimum Gasteiger partial charge on any atom is -0.493 e. The molecule has 0 amide bonds. The zero-order valence-electron chi connectivity index (χ0n) is 13.4. The predicted molar refractivity (Wildman–Crippen MR) is 93.0 cm³/mol. The lowest BCUT2D eigenvalue weighted by molar-refractivity contribution is -0.0512. The quantitative estimate of drug-likeness (QED) is 0.464. The molecule has 2 N–H and O–H groups in total. The number of thiocarbonyl (C=S) groups is 1. The first-order valence-corrected chi connectivity index (χ1v) is 8.21. The number of methoxy groups -OCH3 is 1. The van der Waals surface area contributed by atoms with Crippen molar-refractivity contribution in [3.05, 3.63) is 23.8 Å². The van der Waals surface area contributed by atoms with Crippen LogP contribution in [-0.4, -0.2) is 31.1 Å². The van der Waals surface area contributed by atoms with Gasteiger partial charge in [0.25, 0.3) is 0 Å². The van der Waals surface area contributed by atoms with Gasteiger partial charge >= 0.3 is 6.61 Å². The van der Waals surface area contributed by atoms with Gasteiger partial charge in [0.15, 0.2) is 16.6 Å². The Bertz CT molecular complexity index is 578. The normalized spacial score (nSPS) is 15.5. The molecule has 2 rings (SSSR count). The van der Waals surface area contributed by atoms with Crippen LogP contribution in [0, 0.1) is 0 Å². The molecular weight excluding hydrogens is 336 g/mol. The molecule has 1 aliphatic carbocycles. The van der Waals surface area contributed by atoms with Crippen LogP contribution in [0.1, 0.15) is 37.7 Å². The molecule has 8 heteroatoms. The molecule has 0 spiro atoms. The van der Waals surface area contributed by atoms with Crippen LogP contribution in [0.15, 0.2) is 23.3 Å². The number of rotatable bonds is 6. The van der Waals surface area contributed by atoms with Gasteiger partial charge in [-0.2, -0.15) is 13.9 Å². The van der Waals surface area contributed by atoms with E-state index in [4.69, 9.17) is 17.0 Å². The highest BCUT2D eigenvalue weighted by Crippen LogP contribution is 2.28. The molecule has 24 heavy (non-hydrogen) atoms. The molecular formula is C16H21F2N3O2S. The molecule has 0 unspecified atom stereocenters. The summed E-state index contributed by atoms with van der Waals surface area (Å²) >= 11 is 5.19. The molecule has 0 saturated heterocycles. The SMILES string of the molecule is COc1ccc(/C=N\NC(=S)NC2CCCCC2)cc1OC(F)F. The van der Waals surface area contributed by atoms with E-state index in [2.05, 4.69) is 20.6 Å². The molecule has 1 fully saturated rings. The summed E-state index contributed by atoms with van der Waals surface area (Å²) in [6.45, 7) is -2.92. The van der Waals surface area contributed by atoms with Crippen molar-refractivity contribution < 1.29 is 18.3 Å². The molecule has 0 aromatic heterocycles. The number of benzene rings is 1. The van der Waals surface area contributed by atoms with Gasteiger partial charge in [-0.1, -0.05) is 19.3 Å². The Labute approximate surface area is 145 Å². The van der Waals surface area contributed by atoms with E-state index in [0.29, 0.717) is 16.7 Å². The van der Waals surface area contributed by atoms with Crippen LogP contribution in [0.25, 0.3) is 0 Å². The number of nitrogens with zero attached hydrogens (tertiary/aromatic N) is 1. The maximum atomic E-state index is 12.4. The topological polar surface area (TPSA) is 54.9 Å². The average Bonchev–Trinajstić information content (AvgIpc) is 2.55. The molecule has 0 aliphatic heterocycles. The van der Waals surface area contributed by atoms with Crippen LogP contribution in [0.4, 0.5) is 8.78 Å². The monoisotopic (exact) mass is 357 g/mol. The summed E-state index contributed by atoms with van der Waals surface area (Å²) in [4.78, 5) is 0. The highest BCUT2D eigenvalue weighted by Gasteiger charge is 2.13. The van der Waals surface area contributed by atoms with E-state index in [-0.39, 0.29) is 11.5 Å². The Balaban J connectivity index is 1.89. The van der Waals surface area contributed by atoms with Crippen molar-refractivity contribution in [1.29, 1.82) is 0 Å². The summed E-state index contributed by atoms with van der Waals surface area (Å²) in [5, 5.41) is 7.70. The van der Waals surface area contributed by atoms with Gasteiger partial charge in [0.2, 0.25) is 0 Å². The molecule has 1 aromatic carbocycles. The van der Waals surface area contributed by atoms with Crippen molar-refractivity contribution in [3.63, 3.8) is 0 Å². The second kappa shape index (κ2) is 9.36. The van der Waals surface area contributed by atoms with Gasteiger partial charge in [-0.05, 0) is 48.8 Å². The van der Waals surface area contributed by atoms with Gasteiger partial charge in [-0.25, -0.2) is 0 Å². The number of hydrazone groups is 1. The van der Waals surface area contributed by atoms with E-state index in [9.17, 15) is 8.78 Å². The number of halogens is 2. The van der Waals surface area contributed by atoms with Gasteiger partial charge < -0.3 is 14.8 Å². The molecule has 5 nitrogen and oxygen atoms in total. The molecule has 0 radical (unpaired) electrons. The highest BCUT2D eigenvalue weighted by atomic mass is 32.1. The van der Waals surface area contributed by atoms with Crippen molar-refractivity contribution in [2.45, 2.75) is 44.8 Å². The van der Waals surface area contributed by atoms with Crippen LogP contribution in [0.3, 0.4) is 0 Å². The van der Waals surface area contributed by atoms with Gasteiger partial charge in [-0.15, -0.1) is 0 Å². The summed E-state index contributed by atoms with van der Waals surface area (Å²) in [6, 6.07) is 5.03. The van der Waals surface area contributed by atoms with Crippen LogP contribution >= 0.6 is 12.2 Å². The lowest BCUT2D eigenvalue weighted by Crippen LogP contribution is -2.40. The largest absolute Gasteiger partial charge is 0.493 e. The summed E-state index contributed by atoms with van der Waals surface area (Å²) in [5.74, 6) is 0.189. The van der Waals surface area contributed by atoms with Crippen LogP contribution < -0.4 is 20.2 Å². The molecule has 1 saturated carbocycles.